The first kappa shape index (κ1) is 20.4. The number of ether oxygens (including phenoxy) is 1. The summed E-state index contributed by atoms with van der Waals surface area (Å²) < 4.78 is 7.15. The monoisotopic (exact) mass is 411 g/mol. The maximum Gasteiger partial charge on any atom is 0.207 e. The second kappa shape index (κ2) is 9.30. The van der Waals surface area contributed by atoms with E-state index in [-0.39, 0.29) is 11.7 Å². The molecule has 0 spiro atoms. The molecule has 0 radical (unpaired) electrons. The second-order valence-electron chi connectivity index (χ2n) is 7.36. The molecular weight excluding hydrogens is 386 g/mol. The molecule has 0 aliphatic carbocycles. The topological polar surface area (TPSA) is 47.4 Å². The van der Waals surface area contributed by atoms with E-state index < -0.39 is 0 Å². The summed E-state index contributed by atoms with van der Waals surface area (Å²) in [5.41, 5.74) is 2.89. The van der Waals surface area contributed by atoms with Crippen molar-refractivity contribution < 1.29 is 9.53 Å². The number of hydrogen-bond donors (Lipinski definition) is 0. The van der Waals surface area contributed by atoms with E-state index in [1.54, 1.807) is 13.3 Å². The maximum atomic E-state index is 13.8. The fraction of sp³-hybridized carbons (Fsp3) is 0.154. The van der Waals surface area contributed by atoms with Crippen LogP contribution in [0.15, 0.2) is 97.3 Å². The Bertz CT molecular complexity index is 1120. The Morgan fingerprint density at radius 2 is 1.61 bits per heavy atom. The lowest BCUT2D eigenvalue weighted by Gasteiger charge is -2.25. The Labute approximate surface area is 182 Å². The molecule has 0 fully saturated rings. The number of carbonyl (C=O) groups excluding carboxylic acids is 1. The number of rotatable bonds is 8. The molecule has 156 valence electrons. The van der Waals surface area contributed by atoms with Gasteiger partial charge in [0.25, 0.3) is 0 Å². The van der Waals surface area contributed by atoms with Gasteiger partial charge in [0.05, 0.1) is 13.0 Å². The van der Waals surface area contributed by atoms with Gasteiger partial charge in [0, 0.05) is 37.4 Å². The number of anilines is 1. The van der Waals surface area contributed by atoms with Crippen molar-refractivity contribution in [3.8, 4) is 11.4 Å². The van der Waals surface area contributed by atoms with Gasteiger partial charge in [0.1, 0.15) is 5.75 Å². The lowest BCUT2D eigenvalue weighted by Crippen LogP contribution is -2.30. The number of hydrogen-bond acceptors (Lipinski definition) is 4. The summed E-state index contributed by atoms with van der Waals surface area (Å²) in [7, 11) is 3.64. The highest BCUT2D eigenvalue weighted by molar-refractivity contribution is 5.99. The first-order valence-corrected chi connectivity index (χ1v) is 10.2. The molecular formula is C26H25N3O2. The molecule has 5 heteroatoms. The van der Waals surface area contributed by atoms with E-state index in [4.69, 9.17) is 4.74 Å². The third-order valence-electron chi connectivity index (χ3n) is 5.38. The van der Waals surface area contributed by atoms with Crippen molar-refractivity contribution >= 4 is 11.5 Å². The van der Waals surface area contributed by atoms with Crippen molar-refractivity contribution in [3.05, 3.63) is 109 Å². The lowest BCUT2D eigenvalue weighted by molar-refractivity contribution is 0.0950. The predicted octanol–water partition coefficient (Wildman–Crippen LogP) is 4.98. The first-order chi connectivity index (χ1) is 15.2. The summed E-state index contributed by atoms with van der Waals surface area (Å²) in [6.45, 7) is 0.525. The highest BCUT2D eigenvalue weighted by atomic mass is 16.5. The van der Waals surface area contributed by atoms with E-state index in [9.17, 15) is 4.79 Å². The van der Waals surface area contributed by atoms with Crippen LogP contribution in [-0.2, 0) is 0 Å². The summed E-state index contributed by atoms with van der Waals surface area (Å²) in [6.07, 6.45) is 3.50. The van der Waals surface area contributed by atoms with Crippen LogP contribution < -0.4 is 9.64 Å². The molecule has 4 aromatic rings. The van der Waals surface area contributed by atoms with Crippen molar-refractivity contribution in [2.75, 3.05) is 25.6 Å². The van der Waals surface area contributed by atoms with Crippen LogP contribution in [0.3, 0.4) is 0 Å². The van der Waals surface area contributed by atoms with Crippen LogP contribution in [0, 0.1) is 0 Å². The van der Waals surface area contributed by atoms with Crippen molar-refractivity contribution in [1.82, 2.24) is 9.55 Å². The number of aromatic nitrogens is 2. The van der Waals surface area contributed by atoms with Crippen LogP contribution in [-0.4, -0.2) is 36.0 Å². The van der Waals surface area contributed by atoms with Crippen molar-refractivity contribution in [1.29, 1.82) is 0 Å². The Kier molecular flexibility index (Phi) is 6.13. The molecule has 0 saturated carbocycles. The van der Waals surface area contributed by atoms with Crippen LogP contribution in [0.2, 0.25) is 0 Å². The summed E-state index contributed by atoms with van der Waals surface area (Å²) in [5.74, 6) is 0.772. The fourth-order valence-electron chi connectivity index (χ4n) is 3.68. The molecule has 1 atom stereocenters. The van der Waals surface area contributed by atoms with Gasteiger partial charge in [-0.3, -0.25) is 9.36 Å². The number of likely N-dealkylation sites (N-methyl/N-ethyl adjacent to an activating group) is 1. The van der Waals surface area contributed by atoms with Gasteiger partial charge in [-0.25, -0.2) is 4.98 Å². The van der Waals surface area contributed by atoms with E-state index in [0.29, 0.717) is 12.4 Å². The van der Waals surface area contributed by atoms with Gasteiger partial charge in [-0.05, 0) is 42.0 Å². The molecule has 0 bridgehead atoms. The maximum absolute atomic E-state index is 13.8. The zero-order chi connectivity index (χ0) is 21.6. The SMILES string of the molecule is COc1ccc([C@@H](CN(C)c2ccccc2)C(=O)c2nccn2-c2ccccc2)cc1. The van der Waals surface area contributed by atoms with Gasteiger partial charge in [-0.2, -0.15) is 0 Å². The molecule has 31 heavy (non-hydrogen) atoms. The summed E-state index contributed by atoms with van der Waals surface area (Å²) in [5, 5.41) is 0. The minimum atomic E-state index is -0.388. The molecule has 0 unspecified atom stereocenters. The molecule has 4 rings (SSSR count). The fourth-order valence-corrected chi connectivity index (χ4v) is 3.68. The van der Waals surface area contributed by atoms with Gasteiger partial charge >= 0.3 is 0 Å². The molecule has 0 amide bonds. The van der Waals surface area contributed by atoms with Crippen LogP contribution in [0.4, 0.5) is 5.69 Å². The normalized spacial score (nSPS) is 11.7. The number of carbonyl (C=O) groups is 1. The number of ketones is 1. The third kappa shape index (κ3) is 4.51. The molecule has 1 aromatic heterocycles. The molecule has 3 aromatic carbocycles. The minimum Gasteiger partial charge on any atom is -0.497 e. The number of nitrogens with zero attached hydrogens (tertiary/aromatic N) is 3. The largest absolute Gasteiger partial charge is 0.497 e. The summed E-state index contributed by atoms with van der Waals surface area (Å²) in [4.78, 5) is 20.3. The zero-order valence-corrected chi connectivity index (χ0v) is 17.7. The Morgan fingerprint density at radius 1 is 0.968 bits per heavy atom. The molecule has 0 N–H and O–H groups in total. The lowest BCUT2D eigenvalue weighted by atomic mass is 9.93. The number of para-hydroxylation sites is 2. The van der Waals surface area contributed by atoms with Gasteiger partial charge in [0.15, 0.2) is 5.82 Å². The number of Topliss-reactive ketones (excluding diaryl/α,β-unsaturated/α-hetero) is 1. The smallest absolute Gasteiger partial charge is 0.207 e. The van der Waals surface area contributed by atoms with Crippen LogP contribution in [0.25, 0.3) is 5.69 Å². The average Bonchev–Trinajstić information content (AvgIpc) is 3.33. The van der Waals surface area contributed by atoms with Crippen molar-refractivity contribution in [2.24, 2.45) is 0 Å². The van der Waals surface area contributed by atoms with E-state index >= 15 is 0 Å². The Balaban J connectivity index is 1.70. The van der Waals surface area contributed by atoms with Crippen molar-refractivity contribution in [2.45, 2.75) is 5.92 Å². The molecule has 0 aliphatic rings. The molecule has 0 saturated heterocycles. The summed E-state index contributed by atoms with van der Waals surface area (Å²) in [6, 6.07) is 27.6. The van der Waals surface area contributed by atoms with E-state index in [2.05, 4.69) is 9.88 Å². The first-order valence-electron chi connectivity index (χ1n) is 10.2. The Hall–Kier alpha value is -3.86. The van der Waals surface area contributed by atoms with Gasteiger partial charge < -0.3 is 9.64 Å². The zero-order valence-electron chi connectivity index (χ0n) is 17.7. The van der Waals surface area contributed by atoms with Gasteiger partial charge in [0.2, 0.25) is 5.78 Å². The highest BCUT2D eigenvalue weighted by Gasteiger charge is 2.27. The minimum absolute atomic E-state index is 0.0261. The average molecular weight is 412 g/mol. The van der Waals surface area contributed by atoms with Crippen LogP contribution >= 0.6 is 0 Å². The predicted molar refractivity (Wildman–Crippen MR) is 123 cm³/mol. The summed E-state index contributed by atoms with van der Waals surface area (Å²) >= 11 is 0. The molecule has 5 nitrogen and oxygen atoms in total. The molecule has 0 aliphatic heterocycles. The van der Waals surface area contributed by atoms with Gasteiger partial charge in [-0.15, -0.1) is 0 Å². The van der Waals surface area contributed by atoms with Crippen LogP contribution in [0.1, 0.15) is 22.1 Å². The van der Waals surface area contributed by atoms with Gasteiger partial charge in [-0.1, -0.05) is 48.5 Å². The Morgan fingerprint density at radius 3 is 2.26 bits per heavy atom. The number of imidazole rings is 1. The van der Waals surface area contributed by atoms with Crippen molar-refractivity contribution in [3.63, 3.8) is 0 Å². The van der Waals surface area contributed by atoms with E-state index in [1.807, 2.05) is 103 Å². The second-order valence-corrected chi connectivity index (χ2v) is 7.36. The third-order valence-corrected chi connectivity index (χ3v) is 5.38. The number of benzene rings is 3. The van der Waals surface area contributed by atoms with Crippen LogP contribution in [0.5, 0.6) is 5.75 Å². The quantitative estimate of drug-likeness (QED) is 0.384. The van der Waals surface area contributed by atoms with E-state index in [0.717, 1.165) is 22.7 Å². The standard InChI is InChI=1S/C26H25N3O2/c1-28(21-9-5-3-6-10-21)19-24(20-13-15-23(31-2)16-14-20)25(30)26-27-17-18-29(26)22-11-7-4-8-12-22/h3-18,24H,19H2,1-2H3/t24-/m1/s1. The number of methoxy groups -OCH3 is 1. The molecule has 1 heterocycles. The highest BCUT2D eigenvalue weighted by Crippen LogP contribution is 2.26. The van der Waals surface area contributed by atoms with E-state index in [1.165, 1.54) is 0 Å².